The van der Waals surface area contributed by atoms with Crippen LogP contribution in [0, 0.1) is 0 Å². The average molecular weight is 202 g/mol. The van der Waals surface area contributed by atoms with Gasteiger partial charge in [-0.2, -0.15) is 0 Å². The largest absolute Gasteiger partial charge is 0.393 e. The van der Waals surface area contributed by atoms with Gasteiger partial charge in [0.15, 0.2) is 0 Å². The predicted molar refractivity (Wildman–Crippen MR) is 57.2 cm³/mol. The molecule has 0 aromatic heterocycles. The summed E-state index contributed by atoms with van der Waals surface area (Å²) in [5.41, 5.74) is -0.228. The summed E-state index contributed by atoms with van der Waals surface area (Å²) in [5.74, 6) is 0. The Balaban J connectivity index is 3.83. The highest BCUT2D eigenvalue weighted by molar-refractivity contribution is 5.74. The number of rotatable bonds is 3. The lowest BCUT2D eigenvalue weighted by molar-refractivity contribution is 0.169. The Labute approximate surface area is 86.1 Å². The fourth-order valence-electron chi connectivity index (χ4n) is 1.17. The van der Waals surface area contributed by atoms with Gasteiger partial charge in [0.2, 0.25) is 0 Å². The van der Waals surface area contributed by atoms with Crippen LogP contribution in [-0.4, -0.2) is 28.8 Å². The van der Waals surface area contributed by atoms with Gasteiger partial charge in [0.25, 0.3) is 0 Å². The molecule has 0 fully saturated rings. The van der Waals surface area contributed by atoms with Gasteiger partial charge in [-0.1, -0.05) is 0 Å². The second kappa shape index (κ2) is 5.20. The fourth-order valence-corrected chi connectivity index (χ4v) is 1.17. The summed E-state index contributed by atoms with van der Waals surface area (Å²) in [6, 6.07) is -0.206. The summed E-state index contributed by atoms with van der Waals surface area (Å²) in [6.07, 6.45) is 0.178. The first-order valence-corrected chi connectivity index (χ1v) is 4.97. The molecule has 0 saturated heterocycles. The van der Waals surface area contributed by atoms with Crippen LogP contribution in [0.3, 0.4) is 0 Å². The number of aliphatic hydroxyl groups excluding tert-OH is 1. The van der Waals surface area contributed by atoms with E-state index in [4.69, 9.17) is 5.11 Å². The van der Waals surface area contributed by atoms with Crippen molar-refractivity contribution in [2.75, 3.05) is 0 Å². The van der Waals surface area contributed by atoms with Gasteiger partial charge in [0, 0.05) is 11.6 Å². The molecule has 14 heavy (non-hydrogen) atoms. The molecule has 84 valence electrons. The van der Waals surface area contributed by atoms with E-state index < -0.39 is 0 Å². The molecular formula is C10H22N2O2. The van der Waals surface area contributed by atoms with E-state index in [1.807, 2.05) is 27.7 Å². The summed E-state index contributed by atoms with van der Waals surface area (Å²) in [6.45, 7) is 9.35. The Morgan fingerprint density at radius 1 is 1.36 bits per heavy atom. The highest BCUT2D eigenvalue weighted by atomic mass is 16.3. The van der Waals surface area contributed by atoms with Crippen molar-refractivity contribution in [1.29, 1.82) is 0 Å². The maximum absolute atomic E-state index is 11.3. The molecule has 4 nitrogen and oxygen atoms in total. The van der Waals surface area contributed by atoms with Crippen LogP contribution in [-0.2, 0) is 0 Å². The number of hydrogen-bond donors (Lipinski definition) is 3. The van der Waals surface area contributed by atoms with Crippen LogP contribution in [0.25, 0.3) is 0 Å². The number of carbonyl (C=O) groups is 1. The van der Waals surface area contributed by atoms with Gasteiger partial charge in [-0.05, 0) is 41.0 Å². The topological polar surface area (TPSA) is 61.4 Å². The molecule has 0 aromatic carbocycles. The molecule has 3 N–H and O–H groups in total. The molecule has 2 unspecified atom stereocenters. The quantitative estimate of drug-likeness (QED) is 0.645. The maximum Gasteiger partial charge on any atom is 0.315 e. The zero-order valence-corrected chi connectivity index (χ0v) is 9.72. The lowest BCUT2D eigenvalue weighted by Gasteiger charge is -2.23. The third-order valence-electron chi connectivity index (χ3n) is 1.56. The molecule has 0 bridgehead atoms. The van der Waals surface area contributed by atoms with Crippen molar-refractivity contribution in [2.45, 2.75) is 58.7 Å². The number of hydrogen-bond acceptors (Lipinski definition) is 2. The summed E-state index contributed by atoms with van der Waals surface area (Å²) < 4.78 is 0. The third kappa shape index (κ3) is 7.86. The molecule has 0 heterocycles. The molecule has 0 spiro atoms. The monoisotopic (exact) mass is 202 g/mol. The number of amides is 2. The molecule has 0 aliphatic rings. The van der Waals surface area contributed by atoms with Gasteiger partial charge in [0.05, 0.1) is 6.10 Å². The van der Waals surface area contributed by atoms with Crippen LogP contribution >= 0.6 is 0 Å². The summed E-state index contributed by atoms with van der Waals surface area (Å²) in [4.78, 5) is 11.3. The summed E-state index contributed by atoms with van der Waals surface area (Å²) in [7, 11) is 0. The van der Waals surface area contributed by atoms with Gasteiger partial charge in [-0.3, -0.25) is 0 Å². The first kappa shape index (κ1) is 13.2. The van der Waals surface area contributed by atoms with Gasteiger partial charge < -0.3 is 15.7 Å². The molecule has 0 aliphatic carbocycles. The minimum absolute atomic E-state index is 0.0163. The zero-order valence-electron chi connectivity index (χ0n) is 9.72. The lowest BCUT2D eigenvalue weighted by Crippen LogP contribution is -2.49. The van der Waals surface area contributed by atoms with Crippen molar-refractivity contribution in [3.63, 3.8) is 0 Å². The van der Waals surface area contributed by atoms with Crippen LogP contribution < -0.4 is 10.6 Å². The van der Waals surface area contributed by atoms with E-state index >= 15 is 0 Å². The minimum atomic E-state index is -0.389. The molecule has 0 rings (SSSR count). The lowest BCUT2D eigenvalue weighted by atomic mass is 10.1. The Bertz CT molecular complexity index is 185. The van der Waals surface area contributed by atoms with Crippen LogP contribution in [0.5, 0.6) is 0 Å². The van der Waals surface area contributed by atoms with Crippen molar-refractivity contribution in [3.05, 3.63) is 0 Å². The van der Waals surface area contributed by atoms with Gasteiger partial charge >= 0.3 is 6.03 Å². The number of carbonyl (C=O) groups excluding carboxylic acids is 1. The van der Waals surface area contributed by atoms with E-state index in [1.165, 1.54) is 0 Å². The van der Waals surface area contributed by atoms with E-state index in [2.05, 4.69) is 10.6 Å². The summed E-state index contributed by atoms with van der Waals surface area (Å²) >= 11 is 0. The molecule has 0 aliphatic heterocycles. The van der Waals surface area contributed by atoms with Gasteiger partial charge in [0.1, 0.15) is 0 Å². The van der Waals surface area contributed by atoms with E-state index in [0.29, 0.717) is 6.42 Å². The SMILES string of the molecule is CC(O)CC(C)NC(=O)NC(C)(C)C. The Morgan fingerprint density at radius 2 is 1.86 bits per heavy atom. The van der Waals surface area contributed by atoms with Crippen molar-refractivity contribution in [1.82, 2.24) is 10.6 Å². The van der Waals surface area contributed by atoms with Crippen LogP contribution in [0.4, 0.5) is 4.79 Å². The summed E-state index contributed by atoms with van der Waals surface area (Å²) in [5, 5.41) is 14.6. The van der Waals surface area contributed by atoms with Gasteiger partial charge in [-0.15, -0.1) is 0 Å². The van der Waals surface area contributed by atoms with Gasteiger partial charge in [-0.25, -0.2) is 4.79 Å². The highest BCUT2D eigenvalue weighted by Crippen LogP contribution is 2.00. The Morgan fingerprint density at radius 3 is 2.21 bits per heavy atom. The molecule has 2 amide bonds. The van der Waals surface area contributed by atoms with E-state index in [-0.39, 0.29) is 23.7 Å². The maximum atomic E-state index is 11.3. The van der Waals surface area contributed by atoms with E-state index in [1.54, 1.807) is 6.92 Å². The smallest absolute Gasteiger partial charge is 0.315 e. The average Bonchev–Trinajstić information content (AvgIpc) is 1.77. The first-order valence-electron chi connectivity index (χ1n) is 4.97. The molecule has 0 aromatic rings. The van der Waals surface area contributed by atoms with Crippen molar-refractivity contribution < 1.29 is 9.90 Å². The molecule has 4 heteroatoms. The Kier molecular flexibility index (Phi) is 4.91. The second-order valence-corrected chi connectivity index (χ2v) is 4.83. The minimum Gasteiger partial charge on any atom is -0.393 e. The second-order valence-electron chi connectivity index (χ2n) is 4.83. The van der Waals surface area contributed by atoms with Crippen molar-refractivity contribution >= 4 is 6.03 Å². The predicted octanol–water partition coefficient (Wildman–Crippen LogP) is 1.24. The van der Waals surface area contributed by atoms with E-state index in [9.17, 15) is 4.79 Å². The highest BCUT2D eigenvalue weighted by Gasteiger charge is 2.15. The molecule has 0 radical (unpaired) electrons. The zero-order chi connectivity index (χ0) is 11.4. The normalized spacial score (nSPS) is 15.9. The van der Waals surface area contributed by atoms with Crippen LogP contribution in [0.15, 0.2) is 0 Å². The Hall–Kier alpha value is -0.770. The van der Waals surface area contributed by atoms with Crippen molar-refractivity contribution in [2.24, 2.45) is 0 Å². The molecular weight excluding hydrogens is 180 g/mol. The third-order valence-corrected chi connectivity index (χ3v) is 1.56. The number of nitrogens with one attached hydrogen (secondary N) is 2. The molecule has 2 atom stereocenters. The fraction of sp³-hybridized carbons (Fsp3) is 0.900. The standard InChI is InChI=1S/C10H22N2O2/c1-7(6-8(2)13)11-9(14)12-10(3,4)5/h7-8,13H,6H2,1-5H3,(H2,11,12,14). The van der Waals surface area contributed by atoms with Crippen LogP contribution in [0.1, 0.15) is 41.0 Å². The first-order chi connectivity index (χ1) is 6.20. The molecule has 0 saturated carbocycles. The van der Waals surface area contributed by atoms with Crippen molar-refractivity contribution in [3.8, 4) is 0 Å². The van der Waals surface area contributed by atoms with Crippen LogP contribution in [0.2, 0.25) is 0 Å². The number of aliphatic hydroxyl groups is 1. The van der Waals surface area contributed by atoms with E-state index in [0.717, 1.165) is 0 Å². The number of urea groups is 1.